The van der Waals surface area contributed by atoms with Gasteiger partial charge in [0.15, 0.2) is 0 Å². The Balaban J connectivity index is 1.24. The molecule has 1 aromatic heterocycles. The van der Waals surface area contributed by atoms with Gasteiger partial charge in [0.2, 0.25) is 11.8 Å². The number of carbonyl (C=O) groups is 1. The third kappa shape index (κ3) is 5.78. The lowest BCUT2D eigenvalue weighted by Gasteiger charge is -2.30. The first kappa shape index (κ1) is 22.6. The number of nitrogens with one attached hydrogen (secondary N) is 1. The molecule has 0 saturated carbocycles. The SMILES string of the molecule is Cc1ccc(CCNC(=O)C2CCN(Cc3nc(-c4cccc(Cl)c4)oc3C)CC2)cc1. The van der Waals surface area contributed by atoms with Crippen molar-refractivity contribution >= 4 is 17.5 Å². The maximum atomic E-state index is 12.6. The van der Waals surface area contributed by atoms with E-state index in [0.29, 0.717) is 17.5 Å². The molecule has 0 spiro atoms. The summed E-state index contributed by atoms with van der Waals surface area (Å²) in [4.78, 5) is 19.6. The monoisotopic (exact) mass is 451 g/mol. The molecule has 1 saturated heterocycles. The number of amides is 1. The number of benzene rings is 2. The van der Waals surface area contributed by atoms with E-state index in [9.17, 15) is 4.79 Å². The Morgan fingerprint density at radius 3 is 2.62 bits per heavy atom. The van der Waals surface area contributed by atoms with E-state index in [-0.39, 0.29) is 11.8 Å². The topological polar surface area (TPSA) is 58.4 Å². The van der Waals surface area contributed by atoms with Crippen LogP contribution in [-0.4, -0.2) is 35.4 Å². The summed E-state index contributed by atoms with van der Waals surface area (Å²) < 4.78 is 5.88. The lowest BCUT2D eigenvalue weighted by Crippen LogP contribution is -2.40. The van der Waals surface area contributed by atoms with Crippen molar-refractivity contribution in [2.75, 3.05) is 19.6 Å². The summed E-state index contributed by atoms with van der Waals surface area (Å²) in [5.41, 5.74) is 4.34. The molecule has 1 N–H and O–H groups in total. The number of nitrogens with zero attached hydrogens (tertiary/aromatic N) is 2. The number of piperidine rings is 1. The van der Waals surface area contributed by atoms with Crippen molar-refractivity contribution in [3.05, 3.63) is 76.1 Å². The highest BCUT2D eigenvalue weighted by Crippen LogP contribution is 2.26. The average molecular weight is 452 g/mol. The van der Waals surface area contributed by atoms with Crippen LogP contribution in [0.2, 0.25) is 5.02 Å². The van der Waals surface area contributed by atoms with Crippen LogP contribution in [0.5, 0.6) is 0 Å². The number of aryl methyl sites for hydroxylation is 2. The first-order valence-electron chi connectivity index (χ1n) is 11.3. The summed E-state index contributed by atoms with van der Waals surface area (Å²) in [5.74, 6) is 1.70. The Morgan fingerprint density at radius 1 is 1.16 bits per heavy atom. The molecule has 1 aliphatic heterocycles. The van der Waals surface area contributed by atoms with Gasteiger partial charge in [0.05, 0.1) is 5.69 Å². The normalized spacial score (nSPS) is 15.1. The molecule has 5 nitrogen and oxygen atoms in total. The Bertz CT molecular complexity index is 1050. The van der Waals surface area contributed by atoms with Crippen LogP contribution in [0.15, 0.2) is 52.9 Å². The van der Waals surface area contributed by atoms with Gasteiger partial charge in [-0.1, -0.05) is 47.5 Å². The molecule has 0 radical (unpaired) electrons. The first-order chi connectivity index (χ1) is 15.5. The van der Waals surface area contributed by atoms with Crippen molar-refractivity contribution in [2.45, 2.75) is 39.7 Å². The Kier molecular flexibility index (Phi) is 7.28. The second kappa shape index (κ2) is 10.3. The van der Waals surface area contributed by atoms with E-state index in [2.05, 4.69) is 41.4 Å². The quantitative estimate of drug-likeness (QED) is 0.537. The summed E-state index contributed by atoms with van der Waals surface area (Å²) >= 11 is 6.09. The van der Waals surface area contributed by atoms with Crippen molar-refractivity contribution < 1.29 is 9.21 Å². The van der Waals surface area contributed by atoms with Gasteiger partial charge in [-0.2, -0.15) is 0 Å². The highest BCUT2D eigenvalue weighted by atomic mass is 35.5. The Morgan fingerprint density at radius 2 is 1.91 bits per heavy atom. The second-order valence-corrected chi connectivity index (χ2v) is 9.05. The molecule has 3 aromatic rings. The minimum Gasteiger partial charge on any atom is -0.441 e. The highest BCUT2D eigenvalue weighted by Gasteiger charge is 2.26. The molecule has 168 valence electrons. The number of aromatic nitrogens is 1. The molecule has 0 aliphatic carbocycles. The van der Waals surface area contributed by atoms with E-state index < -0.39 is 0 Å². The summed E-state index contributed by atoms with van der Waals surface area (Å²) in [6.07, 6.45) is 2.61. The number of carbonyl (C=O) groups excluding carboxylic acids is 1. The summed E-state index contributed by atoms with van der Waals surface area (Å²) in [5, 5.41) is 3.79. The maximum absolute atomic E-state index is 12.6. The standard InChI is InChI=1S/C26H30ClN3O2/c1-18-6-8-20(9-7-18)10-13-28-25(31)21-11-14-30(15-12-21)17-24-19(2)32-26(29-24)22-4-3-5-23(27)16-22/h3-9,16,21H,10-15,17H2,1-2H3,(H,28,31). The Hall–Kier alpha value is -2.63. The van der Waals surface area contributed by atoms with Gasteiger partial charge in [-0.3, -0.25) is 9.69 Å². The lowest BCUT2D eigenvalue weighted by atomic mass is 9.95. The number of hydrogen-bond donors (Lipinski definition) is 1. The maximum Gasteiger partial charge on any atom is 0.226 e. The van der Waals surface area contributed by atoms with E-state index in [4.69, 9.17) is 21.0 Å². The van der Waals surface area contributed by atoms with Gasteiger partial charge in [0.1, 0.15) is 5.76 Å². The molecule has 2 aromatic carbocycles. The second-order valence-electron chi connectivity index (χ2n) is 8.61. The summed E-state index contributed by atoms with van der Waals surface area (Å²) in [6.45, 7) is 7.22. The largest absolute Gasteiger partial charge is 0.441 e. The van der Waals surface area contributed by atoms with Crippen LogP contribution in [-0.2, 0) is 17.8 Å². The van der Waals surface area contributed by atoms with Crippen molar-refractivity contribution in [3.8, 4) is 11.5 Å². The molecule has 4 rings (SSSR count). The van der Waals surface area contributed by atoms with Gasteiger partial charge in [0, 0.05) is 29.6 Å². The molecule has 6 heteroatoms. The van der Waals surface area contributed by atoms with Crippen LogP contribution in [0.1, 0.15) is 35.4 Å². The molecule has 0 unspecified atom stereocenters. The molecule has 32 heavy (non-hydrogen) atoms. The fraction of sp³-hybridized carbons (Fsp3) is 0.385. The van der Waals surface area contributed by atoms with Crippen LogP contribution in [0.4, 0.5) is 0 Å². The predicted molar refractivity (Wildman–Crippen MR) is 128 cm³/mol. The number of hydrogen-bond acceptors (Lipinski definition) is 4. The minimum absolute atomic E-state index is 0.0877. The molecular formula is C26H30ClN3O2. The van der Waals surface area contributed by atoms with Gasteiger partial charge in [-0.15, -0.1) is 0 Å². The van der Waals surface area contributed by atoms with Crippen LogP contribution >= 0.6 is 11.6 Å². The predicted octanol–water partition coefficient (Wildman–Crippen LogP) is 5.18. The van der Waals surface area contributed by atoms with Crippen LogP contribution in [0.3, 0.4) is 0 Å². The van der Waals surface area contributed by atoms with Gasteiger partial charge in [-0.05, 0) is 70.0 Å². The van der Waals surface area contributed by atoms with Gasteiger partial charge in [-0.25, -0.2) is 4.98 Å². The van der Waals surface area contributed by atoms with Gasteiger partial charge in [0.25, 0.3) is 0 Å². The number of rotatable bonds is 7. The summed E-state index contributed by atoms with van der Waals surface area (Å²) in [7, 11) is 0. The average Bonchev–Trinajstić information content (AvgIpc) is 3.16. The van der Waals surface area contributed by atoms with E-state index in [1.54, 1.807) is 0 Å². The van der Waals surface area contributed by atoms with Gasteiger partial charge >= 0.3 is 0 Å². The van der Waals surface area contributed by atoms with Crippen molar-refractivity contribution in [2.24, 2.45) is 5.92 Å². The van der Waals surface area contributed by atoms with Crippen molar-refractivity contribution in [1.29, 1.82) is 0 Å². The number of likely N-dealkylation sites (tertiary alicyclic amines) is 1. The van der Waals surface area contributed by atoms with E-state index in [1.165, 1.54) is 11.1 Å². The molecule has 1 fully saturated rings. The molecule has 1 aliphatic rings. The third-order valence-electron chi connectivity index (χ3n) is 6.13. The van der Waals surface area contributed by atoms with Crippen molar-refractivity contribution in [1.82, 2.24) is 15.2 Å². The molecule has 2 heterocycles. The van der Waals surface area contributed by atoms with Crippen LogP contribution in [0, 0.1) is 19.8 Å². The zero-order chi connectivity index (χ0) is 22.5. The fourth-order valence-corrected chi connectivity index (χ4v) is 4.30. The smallest absolute Gasteiger partial charge is 0.226 e. The summed E-state index contributed by atoms with van der Waals surface area (Å²) in [6, 6.07) is 16.0. The van der Waals surface area contributed by atoms with Crippen LogP contribution < -0.4 is 5.32 Å². The fourth-order valence-electron chi connectivity index (χ4n) is 4.11. The number of halogens is 1. The molecule has 1 amide bonds. The minimum atomic E-state index is 0.0877. The molecule has 0 atom stereocenters. The lowest BCUT2D eigenvalue weighted by molar-refractivity contribution is -0.126. The Labute approximate surface area is 194 Å². The molecule has 0 bridgehead atoms. The van der Waals surface area contributed by atoms with Crippen LogP contribution in [0.25, 0.3) is 11.5 Å². The third-order valence-corrected chi connectivity index (χ3v) is 6.36. The zero-order valence-electron chi connectivity index (χ0n) is 18.7. The van der Waals surface area contributed by atoms with E-state index in [0.717, 1.165) is 55.9 Å². The van der Waals surface area contributed by atoms with E-state index >= 15 is 0 Å². The highest BCUT2D eigenvalue weighted by molar-refractivity contribution is 6.30. The molecular weight excluding hydrogens is 422 g/mol. The number of oxazole rings is 1. The zero-order valence-corrected chi connectivity index (χ0v) is 19.5. The van der Waals surface area contributed by atoms with E-state index in [1.807, 2.05) is 31.2 Å². The first-order valence-corrected chi connectivity index (χ1v) is 11.6. The van der Waals surface area contributed by atoms with Gasteiger partial charge < -0.3 is 9.73 Å². The van der Waals surface area contributed by atoms with Crippen molar-refractivity contribution in [3.63, 3.8) is 0 Å².